The number of aliphatic hydroxyl groups excluding tert-OH is 1. The first-order valence-corrected chi connectivity index (χ1v) is 14.3. The third kappa shape index (κ3) is 6.67. The monoisotopic (exact) mass is 582 g/mol. The molecular formula is C24H32FN6O8P. The average Bonchev–Trinajstić information content (AvgIpc) is 3.48. The topological polar surface area (TPSA) is 193 Å². The van der Waals surface area contributed by atoms with Crippen molar-refractivity contribution in [3.8, 4) is 5.75 Å². The quantitative estimate of drug-likeness (QED) is 0.130. The lowest BCUT2D eigenvalue weighted by atomic mass is 10.0. The first-order chi connectivity index (χ1) is 19.2. The fraction of sp³-hybridized carbons (Fsp3) is 0.500. The van der Waals surface area contributed by atoms with Crippen LogP contribution in [0.15, 0.2) is 41.5 Å². The number of H-pyrrole nitrogens is 1. The Labute approximate surface area is 228 Å². The number of carbonyl (C=O) groups excluding carboxylic acids is 1. The van der Waals surface area contributed by atoms with Gasteiger partial charge in [0, 0.05) is 5.92 Å². The second-order valence-corrected chi connectivity index (χ2v) is 10.9. The number of nitrogens with zero attached hydrogens (tertiary/aromatic N) is 3. The number of nitrogens with two attached hydrogens (primary N) is 1. The van der Waals surface area contributed by atoms with Crippen molar-refractivity contribution in [2.24, 2.45) is 5.92 Å². The summed E-state index contributed by atoms with van der Waals surface area (Å²) in [7, 11) is -4.26. The van der Waals surface area contributed by atoms with Gasteiger partial charge >= 0.3 is 13.7 Å². The number of para-hydroxylation sites is 1. The molecule has 0 spiro atoms. The van der Waals surface area contributed by atoms with Crippen LogP contribution in [0.2, 0.25) is 0 Å². The van der Waals surface area contributed by atoms with Crippen LogP contribution in [0.4, 0.5) is 10.3 Å². The molecule has 1 unspecified atom stereocenters. The number of nitrogens with one attached hydrogen (secondary N) is 2. The van der Waals surface area contributed by atoms with Gasteiger partial charge in [-0.25, -0.2) is 9.55 Å². The molecule has 0 bridgehead atoms. The second-order valence-electron chi connectivity index (χ2n) is 9.22. The Morgan fingerprint density at radius 2 is 2.12 bits per heavy atom. The van der Waals surface area contributed by atoms with Gasteiger partial charge in [-0.1, -0.05) is 31.5 Å². The molecule has 1 saturated heterocycles. The highest BCUT2D eigenvalue weighted by molar-refractivity contribution is 7.52. The molecule has 0 saturated carbocycles. The molecule has 14 nitrogen and oxygen atoms in total. The minimum Gasteiger partial charge on any atom is -0.465 e. The largest absolute Gasteiger partial charge is 0.465 e. The first-order valence-electron chi connectivity index (χ1n) is 12.7. The Balaban J connectivity index is 1.52. The van der Waals surface area contributed by atoms with E-state index in [4.69, 9.17) is 24.3 Å². The number of imidazole rings is 1. The van der Waals surface area contributed by atoms with Crippen molar-refractivity contribution >= 4 is 30.8 Å². The van der Waals surface area contributed by atoms with Gasteiger partial charge in [-0.15, -0.1) is 0 Å². The Bertz CT molecular complexity index is 1410. The van der Waals surface area contributed by atoms with Gasteiger partial charge in [0.15, 0.2) is 17.4 Å². The second kappa shape index (κ2) is 12.9. The summed E-state index contributed by atoms with van der Waals surface area (Å²) >= 11 is 0. The van der Waals surface area contributed by atoms with Crippen molar-refractivity contribution in [2.45, 2.75) is 51.2 Å². The number of nitrogen functional groups attached to an aromatic ring is 1. The summed E-state index contributed by atoms with van der Waals surface area (Å²) in [4.78, 5) is 34.9. The summed E-state index contributed by atoms with van der Waals surface area (Å²) in [5.41, 5.74) is 5.03. The molecule has 1 aliphatic rings. The molecule has 218 valence electrons. The summed E-state index contributed by atoms with van der Waals surface area (Å²) in [5, 5.41) is 13.4. The van der Waals surface area contributed by atoms with Gasteiger partial charge < -0.3 is 24.8 Å². The molecule has 3 heterocycles. The molecule has 0 aliphatic carbocycles. The van der Waals surface area contributed by atoms with E-state index in [1.165, 1.54) is 17.8 Å². The van der Waals surface area contributed by atoms with E-state index in [0.29, 0.717) is 6.42 Å². The fourth-order valence-electron chi connectivity index (χ4n) is 4.12. The Morgan fingerprint density at radius 3 is 2.83 bits per heavy atom. The normalized spacial score (nSPS) is 23.1. The van der Waals surface area contributed by atoms with Crippen LogP contribution in [0.5, 0.6) is 5.75 Å². The zero-order valence-electron chi connectivity index (χ0n) is 21.9. The minimum absolute atomic E-state index is 0.0274. The van der Waals surface area contributed by atoms with Gasteiger partial charge in [-0.3, -0.25) is 28.1 Å². The van der Waals surface area contributed by atoms with Gasteiger partial charge in [0.1, 0.15) is 17.9 Å². The highest BCUT2D eigenvalue weighted by Gasteiger charge is 2.47. The lowest BCUT2D eigenvalue weighted by Crippen LogP contribution is -2.36. The van der Waals surface area contributed by atoms with Crippen LogP contribution in [0, 0.1) is 5.92 Å². The van der Waals surface area contributed by atoms with Crippen LogP contribution >= 0.6 is 7.75 Å². The lowest BCUT2D eigenvalue weighted by Gasteiger charge is -2.25. The number of ether oxygens (including phenoxy) is 2. The molecule has 1 aromatic carbocycles. The number of alkyl halides is 1. The van der Waals surface area contributed by atoms with E-state index in [1.54, 1.807) is 30.3 Å². The van der Waals surface area contributed by atoms with Crippen LogP contribution in [-0.2, 0) is 23.4 Å². The van der Waals surface area contributed by atoms with Crippen molar-refractivity contribution < 1.29 is 37.4 Å². The number of halogens is 1. The molecule has 40 heavy (non-hydrogen) atoms. The van der Waals surface area contributed by atoms with Crippen molar-refractivity contribution in [1.82, 2.24) is 24.6 Å². The van der Waals surface area contributed by atoms with Gasteiger partial charge in [0.2, 0.25) is 5.95 Å². The zero-order chi connectivity index (χ0) is 28.9. The number of fused-ring (bicyclic) bond motifs is 1. The number of carbonyl (C=O) groups is 1. The van der Waals surface area contributed by atoms with Gasteiger partial charge in [0.05, 0.1) is 32.3 Å². The van der Waals surface area contributed by atoms with Crippen molar-refractivity contribution in [3.05, 3.63) is 47.0 Å². The number of aliphatic hydroxyl groups is 1. The summed E-state index contributed by atoms with van der Waals surface area (Å²) in [6.45, 7) is 2.10. The van der Waals surface area contributed by atoms with Crippen LogP contribution < -0.4 is 20.9 Å². The summed E-state index contributed by atoms with van der Waals surface area (Å²) in [6.07, 6.45) is -1.01. The number of unbranched alkanes of at least 4 members (excludes halogenated alkanes) is 1. The summed E-state index contributed by atoms with van der Waals surface area (Å²) < 4.78 is 51.5. The predicted octanol–water partition coefficient (Wildman–Crippen LogP) is 2.07. The number of hydrogen-bond donors (Lipinski definition) is 4. The van der Waals surface area contributed by atoms with Crippen LogP contribution in [0.3, 0.4) is 0 Å². The third-order valence-electron chi connectivity index (χ3n) is 6.25. The molecule has 2 aromatic heterocycles. The number of aromatic amines is 1. The maximum absolute atomic E-state index is 14.1. The number of rotatable bonds is 13. The van der Waals surface area contributed by atoms with E-state index in [9.17, 15) is 23.7 Å². The summed E-state index contributed by atoms with van der Waals surface area (Å²) in [6, 6.07) is 7.06. The maximum atomic E-state index is 14.1. The summed E-state index contributed by atoms with van der Waals surface area (Å²) in [5.74, 6) is -1.75. The van der Waals surface area contributed by atoms with Crippen molar-refractivity contribution in [3.63, 3.8) is 0 Å². The molecule has 0 amide bonds. The minimum atomic E-state index is -4.26. The van der Waals surface area contributed by atoms with E-state index < -0.39 is 63.0 Å². The first kappa shape index (κ1) is 29.6. The van der Waals surface area contributed by atoms with Crippen molar-refractivity contribution in [1.29, 1.82) is 0 Å². The highest BCUT2D eigenvalue weighted by atomic mass is 31.2. The van der Waals surface area contributed by atoms with E-state index in [-0.39, 0.29) is 29.5 Å². The standard InChI is InChI=1S/C24H32FN6O8P/c1-3-4-10-36-23(34)14(2)30-40(35,39-15-8-6-5-7-9-15)37-12-17-16(11-25)19(32)22(38-17)31-13-27-18-20(31)28-24(26)29-21(18)33/h5-9,13-14,16-17,19,22,32H,3-4,10-12H2,1-2H3,(H,30,35)(H3,26,28,29,33)/t14-,16-,17-,19-,22-,40?/m1/s1. The fourth-order valence-corrected chi connectivity index (χ4v) is 5.62. The molecular weight excluding hydrogens is 550 g/mol. The molecule has 6 atom stereocenters. The van der Waals surface area contributed by atoms with E-state index >= 15 is 0 Å². The molecule has 3 aromatic rings. The number of hydrogen-bond acceptors (Lipinski definition) is 11. The Hall–Kier alpha value is -3.36. The Morgan fingerprint density at radius 1 is 1.38 bits per heavy atom. The highest BCUT2D eigenvalue weighted by Crippen LogP contribution is 2.46. The zero-order valence-corrected chi connectivity index (χ0v) is 22.8. The molecule has 1 fully saturated rings. The van der Waals surface area contributed by atoms with E-state index in [0.717, 1.165) is 6.42 Å². The van der Waals surface area contributed by atoms with Crippen LogP contribution in [0.1, 0.15) is 32.9 Å². The van der Waals surface area contributed by atoms with Crippen molar-refractivity contribution in [2.75, 3.05) is 25.6 Å². The molecule has 5 N–H and O–H groups in total. The lowest BCUT2D eigenvalue weighted by molar-refractivity contribution is -0.145. The van der Waals surface area contributed by atoms with Crippen LogP contribution in [-0.4, -0.2) is 68.7 Å². The molecule has 16 heteroatoms. The van der Waals surface area contributed by atoms with Gasteiger partial charge in [0.25, 0.3) is 5.56 Å². The van der Waals surface area contributed by atoms with E-state index in [2.05, 4.69) is 20.0 Å². The number of aromatic nitrogens is 4. The van der Waals surface area contributed by atoms with Crippen LogP contribution in [0.25, 0.3) is 11.2 Å². The predicted molar refractivity (Wildman–Crippen MR) is 141 cm³/mol. The van der Waals surface area contributed by atoms with E-state index in [1.807, 2.05) is 6.92 Å². The average molecular weight is 583 g/mol. The SMILES string of the molecule is CCCCOC(=O)[C@@H](C)NP(=O)(OC[C@H]1O[C@@H](n2cnc3c(=O)[nH]c(N)nc32)[C@H](O)[C@@H]1CF)Oc1ccccc1. The molecule has 0 radical (unpaired) electrons. The third-order valence-corrected chi connectivity index (χ3v) is 7.89. The molecule has 4 rings (SSSR count). The Kier molecular flexibility index (Phi) is 9.53. The smallest absolute Gasteiger partial charge is 0.459 e. The number of esters is 1. The number of anilines is 1. The number of benzene rings is 1. The maximum Gasteiger partial charge on any atom is 0.459 e. The van der Waals surface area contributed by atoms with Gasteiger partial charge in [-0.05, 0) is 25.5 Å². The van der Waals surface area contributed by atoms with Gasteiger partial charge in [-0.2, -0.15) is 10.1 Å². The molecule has 1 aliphatic heterocycles.